The van der Waals surface area contributed by atoms with Crippen molar-refractivity contribution < 1.29 is 13.2 Å². The molecular formula is C17H27N3O4S. The average molecular weight is 369 g/mol. The fourth-order valence-corrected chi connectivity index (χ4v) is 4.11. The molecule has 0 unspecified atom stereocenters. The lowest BCUT2D eigenvalue weighted by Gasteiger charge is -2.34. The molecule has 1 amide bonds. The van der Waals surface area contributed by atoms with Gasteiger partial charge in [-0.1, -0.05) is 26.7 Å². The first kappa shape index (κ1) is 19.7. The van der Waals surface area contributed by atoms with E-state index in [0.29, 0.717) is 11.8 Å². The van der Waals surface area contributed by atoms with Gasteiger partial charge in [-0.15, -0.1) is 0 Å². The maximum absolute atomic E-state index is 12.3. The second-order valence-electron chi connectivity index (χ2n) is 7.06. The minimum absolute atomic E-state index is 0.00967. The van der Waals surface area contributed by atoms with Gasteiger partial charge in [-0.2, -0.15) is 0 Å². The highest BCUT2D eigenvalue weighted by atomic mass is 32.2. The van der Waals surface area contributed by atoms with E-state index in [4.69, 9.17) is 0 Å². The number of aromatic nitrogens is 1. The predicted octanol–water partition coefficient (Wildman–Crippen LogP) is 1.04. The van der Waals surface area contributed by atoms with Crippen molar-refractivity contribution in [3.63, 3.8) is 0 Å². The maximum atomic E-state index is 12.3. The zero-order chi connectivity index (χ0) is 18.8. The number of sulfonamides is 1. The largest absolute Gasteiger partial charge is 0.352 e. The van der Waals surface area contributed by atoms with E-state index in [1.54, 1.807) is 0 Å². The number of pyridine rings is 1. The minimum atomic E-state index is -3.65. The van der Waals surface area contributed by atoms with Crippen LogP contribution in [0.1, 0.15) is 33.1 Å². The summed E-state index contributed by atoms with van der Waals surface area (Å²) in [5.74, 6) is 0.665. The number of hydrogen-bond donors (Lipinski definition) is 1. The maximum Gasteiger partial charge on any atom is 0.251 e. The van der Waals surface area contributed by atoms with Gasteiger partial charge in [0, 0.05) is 32.4 Å². The number of hydrogen-bond acceptors (Lipinski definition) is 4. The minimum Gasteiger partial charge on any atom is -0.352 e. The van der Waals surface area contributed by atoms with Crippen LogP contribution in [0.15, 0.2) is 28.0 Å². The van der Waals surface area contributed by atoms with Crippen molar-refractivity contribution in [2.75, 3.05) is 14.1 Å². The zero-order valence-electron chi connectivity index (χ0n) is 15.2. The quantitative estimate of drug-likeness (QED) is 0.840. The van der Waals surface area contributed by atoms with E-state index in [9.17, 15) is 18.0 Å². The predicted molar refractivity (Wildman–Crippen MR) is 95.7 cm³/mol. The van der Waals surface area contributed by atoms with Gasteiger partial charge in [-0.25, -0.2) is 12.7 Å². The van der Waals surface area contributed by atoms with E-state index in [1.807, 2.05) is 0 Å². The molecule has 1 aromatic heterocycles. The van der Waals surface area contributed by atoms with Crippen molar-refractivity contribution in [3.8, 4) is 0 Å². The molecular weight excluding hydrogens is 342 g/mol. The van der Waals surface area contributed by atoms with Crippen LogP contribution in [0, 0.1) is 11.8 Å². The van der Waals surface area contributed by atoms with Crippen molar-refractivity contribution in [1.29, 1.82) is 0 Å². The summed E-state index contributed by atoms with van der Waals surface area (Å²) in [4.78, 5) is 24.3. The SMILES string of the molecule is C[C@@H]1[C@H](C)CCC[C@@H]1NC(=O)Cn1cc(S(=O)(=O)N(C)C)ccc1=O. The summed E-state index contributed by atoms with van der Waals surface area (Å²) in [7, 11) is -0.814. The topological polar surface area (TPSA) is 88.5 Å². The standard InChI is InChI=1S/C17H27N3O4S/c1-12-6-5-7-15(13(12)2)18-16(21)11-20-10-14(8-9-17(20)22)25(23,24)19(3)4/h8-10,12-13,15H,5-7,11H2,1-4H3,(H,18,21)/t12-,13-,15+/m1/s1. The summed E-state index contributed by atoms with van der Waals surface area (Å²) in [5, 5.41) is 3.00. The van der Waals surface area contributed by atoms with Crippen LogP contribution in [0.5, 0.6) is 0 Å². The van der Waals surface area contributed by atoms with Gasteiger partial charge < -0.3 is 9.88 Å². The molecule has 0 aliphatic heterocycles. The van der Waals surface area contributed by atoms with Gasteiger partial charge in [-0.3, -0.25) is 9.59 Å². The van der Waals surface area contributed by atoms with Gasteiger partial charge in [0.15, 0.2) is 0 Å². The van der Waals surface area contributed by atoms with Crippen molar-refractivity contribution in [2.45, 2.75) is 50.6 Å². The fraction of sp³-hybridized carbons (Fsp3) is 0.647. The van der Waals surface area contributed by atoms with Gasteiger partial charge >= 0.3 is 0 Å². The first-order valence-corrected chi connectivity index (χ1v) is 9.99. The molecule has 25 heavy (non-hydrogen) atoms. The molecule has 2 rings (SSSR count). The number of carbonyl (C=O) groups excluding carboxylic acids is 1. The smallest absolute Gasteiger partial charge is 0.251 e. The lowest BCUT2D eigenvalue weighted by molar-refractivity contribution is -0.123. The Morgan fingerprint density at radius 2 is 1.96 bits per heavy atom. The van der Waals surface area contributed by atoms with Crippen LogP contribution >= 0.6 is 0 Å². The second kappa shape index (κ2) is 7.70. The number of carbonyl (C=O) groups is 1. The van der Waals surface area contributed by atoms with Gasteiger partial charge in [0.2, 0.25) is 15.9 Å². The number of nitrogens with zero attached hydrogens (tertiary/aromatic N) is 2. The van der Waals surface area contributed by atoms with Gasteiger partial charge in [-0.05, 0) is 24.3 Å². The van der Waals surface area contributed by atoms with Crippen molar-refractivity contribution in [3.05, 3.63) is 28.7 Å². The van der Waals surface area contributed by atoms with Crippen molar-refractivity contribution in [2.24, 2.45) is 11.8 Å². The molecule has 1 fully saturated rings. The zero-order valence-corrected chi connectivity index (χ0v) is 16.0. The summed E-state index contributed by atoms with van der Waals surface area (Å²) in [5.41, 5.74) is -0.405. The van der Waals surface area contributed by atoms with Crippen LogP contribution in [0.25, 0.3) is 0 Å². The highest BCUT2D eigenvalue weighted by Gasteiger charge is 2.28. The molecule has 0 spiro atoms. The molecule has 3 atom stereocenters. The van der Waals surface area contributed by atoms with E-state index in [-0.39, 0.29) is 23.4 Å². The lowest BCUT2D eigenvalue weighted by Crippen LogP contribution is -2.45. The number of amides is 1. The van der Waals surface area contributed by atoms with E-state index < -0.39 is 15.6 Å². The summed E-state index contributed by atoms with van der Waals surface area (Å²) in [6, 6.07) is 2.53. The fourth-order valence-electron chi connectivity index (χ4n) is 3.19. The molecule has 0 aromatic carbocycles. The monoisotopic (exact) mass is 369 g/mol. The first-order chi connectivity index (χ1) is 11.6. The molecule has 0 radical (unpaired) electrons. The summed E-state index contributed by atoms with van der Waals surface area (Å²) >= 11 is 0. The molecule has 1 aliphatic rings. The van der Waals surface area contributed by atoms with Gasteiger partial charge in [0.1, 0.15) is 6.54 Å². The Labute approximate surface area is 149 Å². The summed E-state index contributed by atoms with van der Waals surface area (Å²) < 4.78 is 26.6. The van der Waals surface area contributed by atoms with Crippen molar-refractivity contribution >= 4 is 15.9 Å². The number of rotatable bonds is 5. The Hall–Kier alpha value is -1.67. The highest BCUT2D eigenvalue weighted by molar-refractivity contribution is 7.89. The molecule has 140 valence electrons. The van der Waals surface area contributed by atoms with Crippen LogP contribution in [0.2, 0.25) is 0 Å². The third-order valence-corrected chi connectivity index (χ3v) is 6.90. The molecule has 8 heteroatoms. The molecule has 1 heterocycles. The summed E-state index contributed by atoms with van der Waals surface area (Å²) in [6.45, 7) is 4.13. The van der Waals surface area contributed by atoms with Gasteiger partial charge in [0.05, 0.1) is 4.90 Å². The Bertz CT molecular complexity index is 785. The lowest BCUT2D eigenvalue weighted by atomic mass is 9.78. The molecule has 1 N–H and O–H groups in total. The summed E-state index contributed by atoms with van der Waals surface area (Å²) in [6.07, 6.45) is 4.40. The number of nitrogens with one attached hydrogen (secondary N) is 1. The Balaban J connectivity index is 2.14. The van der Waals surface area contributed by atoms with Crippen LogP contribution in [-0.2, 0) is 21.4 Å². The van der Waals surface area contributed by atoms with E-state index >= 15 is 0 Å². The average Bonchev–Trinajstić information content (AvgIpc) is 2.53. The van der Waals surface area contributed by atoms with E-state index in [0.717, 1.165) is 28.1 Å². The highest BCUT2D eigenvalue weighted by Crippen LogP contribution is 2.29. The third kappa shape index (κ3) is 4.49. The Morgan fingerprint density at radius 3 is 2.60 bits per heavy atom. The normalized spacial score (nSPS) is 24.3. The van der Waals surface area contributed by atoms with Gasteiger partial charge in [0.25, 0.3) is 5.56 Å². The Morgan fingerprint density at radius 1 is 1.28 bits per heavy atom. The molecule has 7 nitrogen and oxygen atoms in total. The second-order valence-corrected chi connectivity index (χ2v) is 9.21. The molecule has 1 saturated carbocycles. The molecule has 1 aromatic rings. The van der Waals surface area contributed by atoms with E-state index in [1.165, 1.54) is 32.4 Å². The molecule has 0 bridgehead atoms. The third-order valence-electron chi connectivity index (χ3n) is 5.10. The van der Waals surface area contributed by atoms with Crippen LogP contribution in [-0.4, -0.2) is 43.3 Å². The first-order valence-electron chi connectivity index (χ1n) is 8.55. The van der Waals surface area contributed by atoms with Crippen LogP contribution in [0.4, 0.5) is 0 Å². The molecule has 1 aliphatic carbocycles. The van der Waals surface area contributed by atoms with Crippen molar-refractivity contribution in [1.82, 2.24) is 14.2 Å². The van der Waals surface area contributed by atoms with Crippen LogP contribution < -0.4 is 10.9 Å². The Kier molecular flexibility index (Phi) is 6.05. The van der Waals surface area contributed by atoms with Crippen LogP contribution in [0.3, 0.4) is 0 Å². The molecule has 0 saturated heterocycles. The van der Waals surface area contributed by atoms with E-state index in [2.05, 4.69) is 19.2 Å².